The Kier molecular flexibility index (Phi) is 7.14. The van der Waals surface area contributed by atoms with Crippen LogP contribution in [0.4, 0.5) is 5.82 Å². The van der Waals surface area contributed by atoms with Gasteiger partial charge in [-0.05, 0) is 41.8 Å². The van der Waals surface area contributed by atoms with E-state index in [0.717, 1.165) is 22.5 Å². The Bertz CT molecular complexity index is 1520. The van der Waals surface area contributed by atoms with Crippen LogP contribution in [0.1, 0.15) is 35.8 Å². The SMILES string of the molecule is C=CC(=O)N1CCC(O)(C#Cc2c(-c3ccc(Oc4ccccc4)c(C#N)c3)c3c(n2C)NCNC3N)CC1. The minimum atomic E-state index is -1.24. The number of aromatic nitrogens is 1. The number of aliphatic hydroxyl groups is 1. The lowest BCUT2D eigenvalue weighted by Crippen LogP contribution is -2.45. The van der Waals surface area contributed by atoms with Gasteiger partial charge in [0.15, 0.2) is 0 Å². The van der Waals surface area contributed by atoms with Gasteiger partial charge in [-0.1, -0.05) is 36.8 Å². The highest BCUT2D eigenvalue weighted by Crippen LogP contribution is 2.41. The van der Waals surface area contributed by atoms with Crippen molar-refractivity contribution in [1.82, 2.24) is 14.8 Å². The Morgan fingerprint density at radius 1 is 1.26 bits per heavy atom. The molecule has 198 valence electrons. The standard InChI is InChI=1S/C30H30N6O3/c1-3-25(37)36-15-13-30(38,14-16-36)12-11-23-26(27-28(32)33-19-34-29(27)35(23)2)20-9-10-24(21(17-20)18-31)39-22-7-5-4-6-8-22/h3-10,17,28,33-34,38H,1,13-16,19,32H2,2H3. The number of amides is 1. The van der Waals surface area contributed by atoms with E-state index in [1.54, 1.807) is 17.0 Å². The summed E-state index contributed by atoms with van der Waals surface area (Å²) < 4.78 is 7.89. The molecule has 3 aromatic rings. The number of ether oxygens (including phenoxy) is 1. The Hall–Kier alpha value is -4.54. The van der Waals surface area contributed by atoms with Gasteiger partial charge in [0.05, 0.1) is 18.4 Å². The summed E-state index contributed by atoms with van der Waals surface area (Å²) in [4.78, 5) is 13.6. The molecule has 1 unspecified atom stereocenters. The van der Waals surface area contributed by atoms with Crippen molar-refractivity contribution in [3.05, 3.63) is 78.0 Å². The molecule has 2 aliphatic rings. The van der Waals surface area contributed by atoms with E-state index in [9.17, 15) is 15.2 Å². The molecule has 1 fully saturated rings. The number of piperidine rings is 1. The third-order valence-corrected chi connectivity index (χ3v) is 7.17. The average molecular weight is 523 g/mol. The van der Waals surface area contributed by atoms with Crippen LogP contribution in [0.2, 0.25) is 0 Å². The van der Waals surface area contributed by atoms with Crippen LogP contribution < -0.4 is 21.1 Å². The van der Waals surface area contributed by atoms with Gasteiger partial charge in [-0.3, -0.25) is 10.1 Å². The van der Waals surface area contributed by atoms with E-state index in [2.05, 4.69) is 35.1 Å². The Morgan fingerprint density at radius 2 is 2.00 bits per heavy atom. The molecule has 0 bridgehead atoms. The minimum absolute atomic E-state index is 0.150. The zero-order chi connectivity index (χ0) is 27.6. The van der Waals surface area contributed by atoms with Gasteiger partial charge in [0.25, 0.3) is 0 Å². The zero-order valence-electron chi connectivity index (χ0n) is 21.7. The normalized spacial score (nSPS) is 17.6. The molecule has 1 aromatic heterocycles. The number of likely N-dealkylation sites (tertiary alicyclic amines) is 1. The van der Waals surface area contributed by atoms with Crippen LogP contribution in [0.15, 0.2) is 61.2 Å². The number of nitrogens with two attached hydrogens (primary N) is 1. The largest absolute Gasteiger partial charge is 0.456 e. The number of para-hydroxylation sites is 1. The van der Waals surface area contributed by atoms with Crippen LogP contribution in [-0.2, 0) is 11.8 Å². The Morgan fingerprint density at radius 3 is 2.69 bits per heavy atom. The number of hydrogen-bond acceptors (Lipinski definition) is 7. The van der Waals surface area contributed by atoms with Crippen molar-refractivity contribution in [1.29, 1.82) is 5.26 Å². The first kappa shape index (κ1) is 26.1. The van der Waals surface area contributed by atoms with Crippen molar-refractivity contribution in [3.63, 3.8) is 0 Å². The first-order chi connectivity index (χ1) is 18.8. The first-order valence-corrected chi connectivity index (χ1v) is 12.7. The van der Waals surface area contributed by atoms with Gasteiger partial charge in [-0.15, -0.1) is 0 Å². The van der Waals surface area contributed by atoms with E-state index in [1.807, 2.05) is 48.0 Å². The number of rotatable bonds is 4. The molecule has 5 rings (SSSR count). The zero-order valence-corrected chi connectivity index (χ0v) is 21.7. The predicted molar refractivity (Wildman–Crippen MR) is 148 cm³/mol. The number of nitriles is 1. The van der Waals surface area contributed by atoms with Gasteiger partial charge in [0.1, 0.15) is 34.7 Å². The number of anilines is 1. The third-order valence-electron chi connectivity index (χ3n) is 7.17. The van der Waals surface area contributed by atoms with Gasteiger partial charge < -0.3 is 30.4 Å². The van der Waals surface area contributed by atoms with Crippen LogP contribution in [0.3, 0.4) is 0 Å². The molecule has 39 heavy (non-hydrogen) atoms. The molecular formula is C30H30N6O3. The molecule has 1 atom stereocenters. The molecule has 1 amide bonds. The summed E-state index contributed by atoms with van der Waals surface area (Å²) in [5.41, 5.74) is 8.64. The molecule has 2 aromatic carbocycles. The lowest BCUT2D eigenvalue weighted by molar-refractivity contribution is -0.128. The fraction of sp³-hybridized carbons (Fsp3) is 0.267. The molecular weight excluding hydrogens is 492 g/mol. The fourth-order valence-electron chi connectivity index (χ4n) is 5.01. The number of benzene rings is 2. The van der Waals surface area contributed by atoms with E-state index >= 15 is 0 Å². The second-order valence-corrected chi connectivity index (χ2v) is 9.63. The molecule has 0 saturated carbocycles. The molecule has 2 aliphatic heterocycles. The number of fused-ring (bicyclic) bond motifs is 1. The second kappa shape index (κ2) is 10.7. The maximum atomic E-state index is 12.0. The number of carbonyl (C=O) groups excluding carboxylic acids is 1. The van der Waals surface area contributed by atoms with Crippen molar-refractivity contribution in [2.75, 3.05) is 25.1 Å². The highest BCUT2D eigenvalue weighted by Gasteiger charge is 2.33. The minimum Gasteiger partial charge on any atom is -0.456 e. The third kappa shape index (κ3) is 5.12. The van der Waals surface area contributed by atoms with Crippen LogP contribution in [0.5, 0.6) is 11.5 Å². The Balaban J connectivity index is 1.55. The summed E-state index contributed by atoms with van der Waals surface area (Å²) in [6.45, 7) is 4.83. The average Bonchev–Trinajstić information content (AvgIpc) is 3.25. The maximum absolute atomic E-state index is 12.0. The Labute approximate surface area is 227 Å². The summed E-state index contributed by atoms with van der Waals surface area (Å²) in [5, 5.41) is 27.7. The summed E-state index contributed by atoms with van der Waals surface area (Å²) in [6.07, 6.45) is 1.50. The quantitative estimate of drug-likeness (QED) is 0.306. The second-order valence-electron chi connectivity index (χ2n) is 9.63. The number of nitrogens with zero attached hydrogens (tertiary/aromatic N) is 3. The van der Waals surface area contributed by atoms with Gasteiger partial charge in [-0.2, -0.15) is 5.26 Å². The molecule has 9 heteroatoms. The lowest BCUT2D eigenvalue weighted by Gasteiger charge is -2.34. The fourth-order valence-corrected chi connectivity index (χ4v) is 5.01. The van der Waals surface area contributed by atoms with E-state index in [-0.39, 0.29) is 5.91 Å². The van der Waals surface area contributed by atoms with E-state index in [0.29, 0.717) is 55.4 Å². The van der Waals surface area contributed by atoms with Gasteiger partial charge >= 0.3 is 0 Å². The first-order valence-electron chi connectivity index (χ1n) is 12.7. The molecule has 3 heterocycles. The van der Waals surface area contributed by atoms with Crippen LogP contribution >= 0.6 is 0 Å². The predicted octanol–water partition coefficient (Wildman–Crippen LogP) is 3.18. The summed E-state index contributed by atoms with van der Waals surface area (Å²) in [5.74, 6) is 8.05. The molecule has 5 N–H and O–H groups in total. The van der Waals surface area contributed by atoms with Crippen molar-refractivity contribution >= 4 is 11.7 Å². The summed E-state index contributed by atoms with van der Waals surface area (Å²) >= 11 is 0. The van der Waals surface area contributed by atoms with Crippen LogP contribution in [-0.4, -0.2) is 45.8 Å². The van der Waals surface area contributed by atoms with Gasteiger partial charge in [0, 0.05) is 44.1 Å². The molecule has 1 saturated heterocycles. The van der Waals surface area contributed by atoms with E-state index < -0.39 is 11.8 Å². The van der Waals surface area contributed by atoms with Crippen LogP contribution in [0, 0.1) is 23.2 Å². The number of nitrogens with one attached hydrogen (secondary N) is 2. The molecule has 9 nitrogen and oxygen atoms in total. The van der Waals surface area contributed by atoms with Crippen LogP contribution in [0.25, 0.3) is 11.1 Å². The van der Waals surface area contributed by atoms with E-state index in [4.69, 9.17) is 10.5 Å². The molecule has 0 spiro atoms. The smallest absolute Gasteiger partial charge is 0.245 e. The van der Waals surface area contributed by atoms with Crippen molar-refractivity contribution in [2.24, 2.45) is 12.8 Å². The highest BCUT2D eigenvalue weighted by molar-refractivity contribution is 5.87. The van der Waals surface area contributed by atoms with Crippen molar-refractivity contribution in [3.8, 4) is 40.5 Å². The topological polar surface area (TPSA) is 129 Å². The number of carbonyl (C=O) groups is 1. The van der Waals surface area contributed by atoms with Gasteiger partial charge in [0.2, 0.25) is 5.91 Å². The van der Waals surface area contributed by atoms with Gasteiger partial charge in [-0.25, -0.2) is 0 Å². The van der Waals surface area contributed by atoms with Crippen molar-refractivity contribution < 1.29 is 14.6 Å². The molecule has 0 radical (unpaired) electrons. The summed E-state index contributed by atoms with van der Waals surface area (Å²) in [7, 11) is 1.89. The van der Waals surface area contributed by atoms with E-state index in [1.165, 1.54) is 6.08 Å². The monoisotopic (exact) mass is 522 g/mol. The molecule has 0 aliphatic carbocycles. The van der Waals surface area contributed by atoms with Crippen molar-refractivity contribution in [2.45, 2.75) is 24.6 Å². The maximum Gasteiger partial charge on any atom is 0.245 e. The highest BCUT2D eigenvalue weighted by atomic mass is 16.5. The lowest BCUT2D eigenvalue weighted by atomic mass is 9.91. The number of hydrogen-bond donors (Lipinski definition) is 4. The summed E-state index contributed by atoms with van der Waals surface area (Å²) in [6, 6.07) is 17.0.